The third-order valence-corrected chi connectivity index (χ3v) is 2.06. The van der Waals surface area contributed by atoms with Gasteiger partial charge in [-0.15, -0.1) is 0 Å². The van der Waals surface area contributed by atoms with Crippen LogP contribution in [0.15, 0.2) is 12.1 Å². The van der Waals surface area contributed by atoms with Gasteiger partial charge >= 0.3 is 5.97 Å². The van der Waals surface area contributed by atoms with Gasteiger partial charge in [-0.25, -0.2) is 13.2 Å². The van der Waals surface area contributed by atoms with Gasteiger partial charge in [0.15, 0.2) is 11.6 Å². The fraction of sp³-hybridized carbons (Fsp3) is 0.200. The maximum absolute atomic E-state index is 13.3. The lowest BCUT2D eigenvalue weighted by Crippen LogP contribution is -2.23. The summed E-state index contributed by atoms with van der Waals surface area (Å²) in [5, 5.41) is 10.6. The normalized spacial score (nSPS) is 11.9. The Morgan fingerprint density at radius 1 is 1.29 bits per heavy atom. The van der Waals surface area contributed by atoms with Crippen molar-refractivity contribution in [3.63, 3.8) is 0 Å². The molecule has 0 bridgehead atoms. The summed E-state index contributed by atoms with van der Waals surface area (Å²) in [6, 6.07) is -0.430. The second-order valence-electron chi connectivity index (χ2n) is 3.22. The van der Waals surface area contributed by atoms with Gasteiger partial charge in [-0.1, -0.05) is 0 Å². The molecule has 0 aliphatic heterocycles. The van der Waals surface area contributed by atoms with Gasteiger partial charge in [-0.2, -0.15) is 0 Å². The van der Waals surface area contributed by atoms with Gasteiger partial charge in [0.25, 0.3) is 0 Å². The standard InChI is InChI=1S/C10H8F3NO3/c11-6-2-8(13)7(12)1-5(6)9(14-4-15)3-10(16)17/h1-2,4,9H,3H2,(H,14,15)(H,16,17). The van der Waals surface area contributed by atoms with E-state index in [1.165, 1.54) is 0 Å². The minimum Gasteiger partial charge on any atom is -0.481 e. The Morgan fingerprint density at radius 3 is 2.41 bits per heavy atom. The van der Waals surface area contributed by atoms with E-state index in [9.17, 15) is 22.8 Å². The highest BCUT2D eigenvalue weighted by molar-refractivity contribution is 5.68. The van der Waals surface area contributed by atoms with Crippen LogP contribution in [0, 0.1) is 17.5 Å². The Bertz CT molecular complexity index is 451. The van der Waals surface area contributed by atoms with Crippen LogP contribution in [0.3, 0.4) is 0 Å². The molecule has 0 heterocycles. The fourth-order valence-corrected chi connectivity index (χ4v) is 1.32. The van der Waals surface area contributed by atoms with E-state index < -0.39 is 41.4 Å². The summed E-state index contributed by atoms with van der Waals surface area (Å²) >= 11 is 0. The van der Waals surface area contributed by atoms with Crippen LogP contribution in [0.1, 0.15) is 18.0 Å². The molecule has 2 N–H and O–H groups in total. The van der Waals surface area contributed by atoms with Crippen LogP contribution in [0.5, 0.6) is 0 Å². The molecule has 0 aliphatic rings. The third kappa shape index (κ3) is 3.20. The van der Waals surface area contributed by atoms with Crippen LogP contribution in [-0.4, -0.2) is 17.5 Å². The van der Waals surface area contributed by atoms with Crippen molar-refractivity contribution in [1.29, 1.82) is 0 Å². The van der Waals surface area contributed by atoms with Gasteiger partial charge < -0.3 is 10.4 Å². The van der Waals surface area contributed by atoms with E-state index in [-0.39, 0.29) is 6.41 Å². The number of amides is 1. The van der Waals surface area contributed by atoms with Crippen LogP contribution >= 0.6 is 0 Å². The van der Waals surface area contributed by atoms with Gasteiger partial charge in [-0.05, 0) is 6.07 Å². The number of hydrogen-bond acceptors (Lipinski definition) is 2. The second kappa shape index (κ2) is 5.33. The van der Waals surface area contributed by atoms with Crippen LogP contribution in [-0.2, 0) is 9.59 Å². The molecule has 0 fully saturated rings. The van der Waals surface area contributed by atoms with Crippen molar-refractivity contribution in [2.75, 3.05) is 0 Å². The van der Waals surface area contributed by atoms with E-state index in [2.05, 4.69) is 0 Å². The largest absolute Gasteiger partial charge is 0.481 e. The van der Waals surface area contributed by atoms with Crippen molar-refractivity contribution < 1.29 is 27.9 Å². The van der Waals surface area contributed by atoms with Crippen molar-refractivity contribution in [2.45, 2.75) is 12.5 Å². The molecule has 0 aromatic heterocycles. The number of aliphatic carboxylic acids is 1. The highest BCUT2D eigenvalue weighted by atomic mass is 19.2. The zero-order valence-electron chi connectivity index (χ0n) is 8.41. The molecule has 1 aromatic rings. The highest BCUT2D eigenvalue weighted by Crippen LogP contribution is 2.22. The summed E-state index contributed by atoms with van der Waals surface area (Å²) in [4.78, 5) is 20.7. The first-order valence-corrected chi connectivity index (χ1v) is 4.51. The fourth-order valence-electron chi connectivity index (χ4n) is 1.32. The van der Waals surface area contributed by atoms with Gasteiger partial charge in [0.2, 0.25) is 6.41 Å². The zero-order chi connectivity index (χ0) is 13.0. The molecule has 4 nitrogen and oxygen atoms in total. The molecule has 0 radical (unpaired) electrons. The molecule has 7 heteroatoms. The molecule has 92 valence electrons. The molecule has 1 unspecified atom stereocenters. The smallest absolute Gasteiger partial charge is 0.305 e. The van der Waals surface area contributed by atoms with E-state index in [1.54, 1.807) is 0 Å². The number of carbonyl (C=O) groups is 2. The molecular weight excluding hydrogens is 239 g/mol. The summed E-state index contributed by atoms with van der Waals surface area (Å²) in [6.07, 6.45) is -0.477. The molecule has 17 heavy (non-hydrogen) atoms. The van der Waals surface area contributed by atoms with Crippen LogP contribution in [0.25, 0.3) is 0 Å². The SMILES string of the molecule is O=CNC(CC(=O)O)c1cc(F)c(F)cc1F. The number of halogens is 3. The minimum absolute atomic E-state index is 0.161. The van der Waals surface area contributed by atoms with E-state index in [1.807, 2.05) is 5.32 Å². The molecule has 0 spiro atoms. The topological polar surface area (TPSA) is 66.4 Å². The Morgan fingerprint density at radius 2 is 1.88 bits per heavy atom. The lowest BCUT2D eigenvalue weighted by molar-refractivity contribution is -0.137. The van der Waals surface area contributed by atoms with Crippen molar-refractivity contribution in [2.24, 2.45) is 0 Å². The predicted molar refractivity (Wildman–Crippen MR) is 50.5 cm³/mol. The minimum atomic E-state index is -1.38. The summed E-state index contributed by atoms with van der Waals surface area (Å²) in [5.41, 5.74) is -0.418. The lowest BCUT2D eigenvalue weighted by atomic mass is 10.0. The Kier molecular flexibility index (Phi) is 4.08. The number of carboxylic acids is 1. The maximum atomic E-state index is 13.3. The maximum Gasteiger partial charge on any atom is 0.305 e. The van der Waals surface area contributed by atoms with Crippen molar-refractivity contribution in [3.8, 4) is 0 Å². The molecule has 0 aliphatic carbocycles. The van der Waals surface area contributed by atoms with E-state index in [0.29, 0.717) is 12.1 Å². The highest BCUT2D eigenvalue weighted by Gasteiger charge is 2.20. The number of benzene rings is 1. The predicted octanol–water partition coefficient (Wildman–Crippen LogP) is 1.37. The summed E-state index contributed by atoms with van der Waals surface area (Å²) < 4.78 is 38.8. The van der Waals surface area contributed by atoms with Crippen LogP contribution < -0.4 is 5.32 Å². The van der Waals surface area contributed by atoms with Gasteiger partial charge in [0, 0.05) is 11.6 Å². The Balaban J connectivity index is 3.12. The Hall–Kier alpha value is -2.05. The quantitative estimate of drug-likeness (QED) is 0.610. The average Bonchev–Trinajstić information content (AvgIpc) is 2.22. The molecule has 1 atom stereocenters. The molecule has 0 saturated carbocycles. The average molecular weight is 247 g/mol. The van der Waals surface area contributed by atoms with Crippen molar-refractivity contribution in [3.05, 3.63) is 35.1 Å². The van der Waals surface area contributed by atoms with Crippen LogP contribution in [0.4, 0.5) is 13.2 Å². The second-order valence-corrected chi connectivity index (χ2v) is 3.22. The number of carboxylic acid groups (broad SMARTS) is 1. The number of nitrogens with one attached hydrogen (secondary N) is 1. The first kappa shape index (κ1) is 13.0. The first-order chi connectivity index (χ1) is 7.95. The van der Waals surface area contributed by atoms with E-state index in [4.69, 9.17) is 5.11 Å². The monoisotopic (exact) mass is 247 g/mol. The number of hydrogen-bond donors (Lipinski definition) is 2. The number of carbonyl (C=O) groups excluding carboxylic acids is 1. The number of rotatable bonds is 5. The first-order valence-electron chi connectivity index (χ1n) is 4.51. The summed E-state index contributed by atoms with van der Waals surface area (Å²) in [6.45, 7) is 0. The van der Waals surface area contributed by atoms with Crippen LogP contribution in [0.2, 0.25) is 0 Å². The Labute approximate surface area is 94.1 Å². The molecular formula is C10H8F3NO3. The van der Waals surface area contributed by atoms with Gasteiger partial charge in [0.1, 0.15) is 5.82 Å². The zero-order valence-corrected chi connectivity index (χ0v) is 8.41. The molecule has 1 amide bonds. The molecule has 0 saturated heterocycles. The third-order valence-electron chi connectivity index (χ3n) is 2.06. The summed E-state index contributed by atoms with van der Waals surface area (Å²) in [7, 11) is 0. The van der Waals surface area contributed by atoms with Gasteiger partial charge in [-0.3, -0.25) is 9.59 Å². The van der Waals surface area contributed by atoms with E-state index in [0.717, 1.165) is 0 Å². The summed E-state index contributed by atoms with van der Waals surface area (Å²) in [5.74, 6) is -5.13. The van der Waals surface area contributed by atoms with Crippen molar-refractivity contribution >= 4 is 12.4 Å². The van der Waals surface area contributed by atoms with Gasteiger partial charge in [0.05, 0.1) is 12.5 Å². The lowest BCUT2D eigenvalue weighted by Gasteiger charge is -2.15. The van der Waals surface area contributed by atoms with E-state index >= 15 is 0 Å². The molecule has 1 rings (SSSR count). The molecule has 1 aromatic carbocycles. The van der Waals surface area contributed by atoms with Crippen molar-refractivity contribution in [1.82, 2.24) is 5.32 Å².